The van der Waals surface area contributed by atoms with Gasteiger partial charge in [0, 0.05) is 25.9 Å². The quantitative estimate of drug-likeness (QED) is 0.748. The number of rotatable bonds is 4. The lowest BCUT2D eigenvalue weighted by atomic mass is 9.75. The number of carbonyl (C=O) groups excluding carboxylic acids is 2. The smallest absolute Gasteiger partial charge is 0.233 e. The molecule has 2 aliphatic heterocycles. The number of nitrogens with one attached hydrogen (secondary N) is 2. The van der Waals surface area contributed by atoms with Gasteiger partial charge >= 0.3 is 0 Å². The number of benzene rings is 2. The van der Waals surface area contributed by atoms with Crippen LogP contribution in [0.5, 0.6) is 0 Å². The Morgan fingerprint density at radius 2 is 1.85 bits per heavy atom. The summed E-state index contributed by atoms with van der Waals surface area (Å²) >= 11 is 0. The fourth-order valence-corrected chi connectivity index (χ4v) is 6.68. The number of carbonyl (C=O) groups is 2. The number of amides is 2. The van der Waals surface area contributed by atoms with Crippen molar-refractivity contribution in [3.05, 3.63) is 71.5 Å². The van der Waals surface area contributed by atoms with E-state index in [1.54, 1.807) is 13.0 Å². The molecule has 2 heterocycles. The average Bonchev–Trinajstić information content (AvgIpc) is 3.43. The molecule has 2 aromatic carbocycles. The maximum absolute atomic E-state index is 14.5. The summed E-state index contributed by atoms with van der Waals surface area (Å²) < 4.78 is 14.2. The van der Waals surface area contributed by atoms with Crippen molar-refractivity contribution in [3.8, 4) is 0 Å². The maximum Gasteiger partial charge on any atom is 0.233 e. The van der Waals surface area contributed by atoms with E-state index < -0.39 is 11.0 Å². The van der Waals surface area contributed by atoms with Gasteiger partial charge in [-0.15, -0.1) is 0 Å². The molecule has 0 spiro atoms. The van der Waals surface area contributed by atoms with Crippen LogP contribution in [0.1, 0.15) is 56.2 Å². The molecular weight excluding hydrogens is 417 g/mol. The van der Waals surface area contributed by atoms with Crippen LogP contribution in [-0.4, -0.2) is 41.9 Å². The molecule has 0 unspecified atom stereocenters. The molecule has 5 rings (SSSR count). The van der Waals surface area contributed by atoms with Crippen molar-refractivity contribution in [1.29, 1.82) is 0 Å². The molecule has 2 aromatic rings. The molecule has 3 aliphatic rings. The first-order valence-electron chi connectivity index (χ1n) is 12.1. The fourth-order valence-electron chi connectivity index (χ4n) is 6.68. The topological polar surface area (TPSA) is 61.4 Å². The summed E-state index contributed by atoms with van der Waals surface area (Å²) in [6.45, 7) is 3.50. The summed E-state index contributed by atoms with van der Waals surface area (Å²) in [7, 11) is 0. The van der Waals surface area contributed by atoms with E-state index in [1.165, 1.54) is 12.1 Å². The summed E-state index contributed by atoms with van der Waals surface area (Å²) in [5.74, 6) is -0.204. The van der Waals surface area contributed by atoms with Gasteiger partial charge in [0.15, 0.2) is 0 Å². The molecule has 0 radical (unpaired) electrons. The summed E-state index contributed by atoms with van der Waals surface area (Å²) in [5, 5.41) is 6.69. The minimum atomic E-state index is -0.715. The van der Waals surface area contributed by atoms with Crippen LogP contribution in [-0.2, 0) is 15.0 Å². The van der Waals surface area contributed by atoms with Crippen LogP contribution in [0.2, 0.25) is 0 Å². The molecule has 0 bridgehead atoms. The number of fused-ring (bicyclic) bond motifs is 1. The molecular formula is C27H32FN3O2. The van der Waals surface area contributed by atoms with Gasteiger partial charge in [0.05, 0.1) is 17.0 Å². The Kier molecular flexibility index (Phi) is 5.73. The van der Waals surface area contributed by atoms with E-state index in [2.05, 4.69) is 22.8 Å². The lowest BCUT2D eigenvalue weighted by Crippen LogP contribution is -2.63. The van der Waals surface area contributed by atoms with Gasteiger partial charge in [-0.25, -0.2) is 4.39 Å². The first kappa shape index (κ1) is 22.1. The van der Waals surface area contributed by atoms with Crippen LogP contribution in [0.3, 0.4) is 0 Å². The Labute approximate surface area is 194 Å². The Morgan fingerprint density at radius 3 is 2.55 bits per heavy atom. The highest BCUT2D eigenvalue weighted by atomic mass is 19.1. The highest BCUT2D eigenvalue weighted by Gasteiger charge is 2.58. The molecule has 1 aliphatic carbocycles. The van der Waals surface area contributed by atoms with Crippen molar-refractivity contribution >= 4 is 11.8 Å². The number of likely N-dealkylation sites (tertiary alicyclic amines) is 1. The third-order valence-electron chi connectivity index (χ3n) is 8.02. The van der Waals surface area contributed by atoms with Gasteiger partial charge in [-0.2, -0.15) is 0 Å². The molecule has 0 aromatic heterocycles. The Bertz CT molecular complexity index is 1040. The number of halogens is 1. The van der Waals surface area contributed by atoms with Crippen molar-refractivity contribution in [2.24, 2.45) is 5.92 Å². The second-order valence-corrected chi connectivity index (χ2v) is 10.00. The van der Waals surface area contributed by atoms with Crippen molar-refractivity contribution in [1.82, 2.24) is 15.5 Å². The molecule has 6 heteroatoms. The van der Waals surface area contributed by atoms with Crippen molar-refractivity contribution in [3.63, 3.8) is 0 Å². The van der Waals surface area contributed by atoms with Gasteiger partial charge in [0.1, 0.15) is 5.82 Å². The first-order chi connectivity index (χ1) is 16.0. The average molecular weight is 450 g/mol. The summed E-state index contributed by atoms with van der Waals surface area (Å²) in [6, 6.07) is 16.6. The third-order valence-corrected chi connectivity index (χ3v) is 8.02. The highest BCUT2D eigenvalue weighted by molar-refractivity contribution is 5.90. The largest absolute Gasteiger partial charge is 0.347 e. The van der Waals surface area contributed by atoms with Gasteiger partial charge in [0.25, 0.3) is 0 Å². The summed E-state index contributed by atoms with van der Waals surface area (Å²) in [4.78, 5) is 28.8. The van der Waals surface area contributed by atoms with Crippen molar-refractivity contribution in [2.75, 3.05) is 19.6 Å². The molecule has 33 heavy (non-hydrogen) atoms. The monoisotopic (exact) mass is 449 g/mol. The van der Waals surface area contributed by atoms with E-state index in [-0.39, 0.29) is 29.6 Å². The molecule has 174 valence electrons. The van der Waals surface area contributed by atoms with E-state index in [4.69, 9.17) is 0 Å². The predicted molar refractivity (Wildman–Crippen MR) is 125 cm³/mol. The maximum atomic E-state index is 14.5. The zero-order chi connectivity index (χ0) is 23.1. The van der Waals surface area contributed by atoms with E-state index in [0.29, 0.717) is 13.1 Å². The van der Waals surface area contributed by atoms with Crippen LogP contribution in [0, 0.1) is 11.7 Å². The fraction of sp³-hybridized carbons (Fsp3) is 0.481. The number of nitrogens with zero attached hydrogens (tertiary/aromatic N) is 1. The van der Waals surface area contributed by atoms with Crippen LogP contribution in [0.15, 0.2) is 54.6 Å². The van der Waals surface area contributed by atoms with E-state index in [0.717, 1.165) is 49.8 Å². The third kappa shape index (κ3) is 3.74. The lowest BCUT2D eigenvalue weighted by Gasteiger charge is -2.40. The van der Waals surface area contributed by atoms with Crippen molar-refractivity contribution in [2.45, 2.75) is 56.0 Å². The van der Waals surface area contributed by atoms with Crippen LogP contribution >= 0.6 is 0 Å². The van der Waals surface area contributed by atoms with E-state index in [9.17, 15) is 14.0 Å². The standard InChI is InChI=1S/C27H32FN3O2/c1-19(32)30-27-17-29-15-12-23(27)24(20-8-3-2-4-9-20)31(18-27)25(33)26(13-5-6-14-26)21-10-7-11-22(28)16-21/h2-4,7-11,16,23-24,29H,5-6,12-15,17-18H2,1H3,(H,30,32)/t23-,24-,27-/m1/s1. The van der Waals surface area contributed by atoms with Gasteiger partial charge in [-0.1, -0.05) is 55.3 Å². The normalized spacial score (nSPS) is 28.4. The molecule has 2 amide bonds. The van der Waals surface area contributed by atoms with Gasteiger partial charge in [-0.3, -0.25) is 9.59 Å². The van der Waals surface area contributed by atoms with Gasteiger partial charge in [-0.05, 0) is 49.1 Å². The number of piperidine rings is 1. The highest BCUT2D eigenvalue weighted by Crippen LogP contribution is 2.51. The van der Waals surface area contributed by atoms with E-state index >= 15 is 0 Å². The van der Waals surface area contributed by atoms with Crippen LogP contribution in [0.25, 0.3) is 0 Å². The first-order valence-corrected chi connectivity index (χ1v) is 12.1. The Balaban J connectivity index is 1.61. The Hall–Kier alpha value is -2.73. The zero-order valence-electron chi connectivity index (χ0n) is 19.1. The van der Waals surface area contributed by atoms with Gasteiger partial charge < -0.3 is 15.5 Å². The van der Waals surface area contributed by atoms with E-state index in [1.807, 2.05) is 29.2 Å². The van der Waals surface area contributed by atoms with Crippen LogP contribution in [0.4, 0.5) is 4.39 Å². The second-order valence-electron chi connectivity index (χ2n) is 10.00. The molecule has 3 atom stereocenters. The number of hydrogen-bond donors (Lipinski definition) is 2. The molecule has 5 nitrogen and oxygen atoms in total. The molecule has 2 N–H and O–H groups in total. The Morgan fingerprint density at radius 1 is 1.09 bits per heavy atom. The minimum absolute atomic E-state index is 0.0681. The second kappa shape index (κ2) is 8.56. The number of hydrogen-bond acceptors (Lipinski definition) is 3. The van der Waals surface area contributed by atoms with Crippen molar-refractivity contribution < 1.29 is 14.0 Å². The zero-order valence-corrected chi connectivity index (χ0v) is 19.1. The predicted octanol–water partition coefficient (Wildman–Crippen LogP) is 3.71. The molecule has 3 fully saturated rings. The molecule has 1 saturated carbocycles. The lowest BCUT2D eigenvalue weighted by molar-refractivity contribution is -0.139. The minimum Gasteiger partial charge on any atom is -0.347 e. The molecule has 2 saturated heterocycles. The summed E-state index contributed by atoms with van der Waals surface area (Å²) in [6.07, 6.45) is 4.23. The van der Waals surface area contributed by atoms with Gasteiger partial charge in [0.2, 0.25) is 11.8 Å². The summed E-state index contributed by atoms with van der Waals surface area (Å²) in [5.41, 5.74) is 0.644. The SMILES string of the molecule is CC(=O)N[C@@]12CNCC[C@@H]1[C@@H](c1ccccc1)N(C(=O)C1(c3cccc(F)c3)CCCC1)C2. The van der Waals surface area contributed by atoms with Crippen LogP contribution < -0.4 is 10.6 Å².